The van der Waals surface area contributed by atoms with Gasteiger partial charge in [-0.25, -0.2) is 4.90 Å². The molecule has 0 saturated carbocycles. The van der Waals surface area contributed by atoms with E-state index in [4.69, 9.17) is 0 Å². The van der Waals surface area contributed by atoms with Crippen LogP contribution in [0, 0.1) is 0 Å². The molecule has 1 N–H and O–H groups in total. The van der Waals surface area contributed by atoms with Gasteiger partial charge in [0, 0.05) is 5.56 Å². The van der Waals surface area contributed by atoms with Crippen LogP contribution in [-0.2, 0) is 5.92 Å². The van der Waals surface area contributed by atoms with E-state index in [1.54, 1.807) is 0 Å². The molecule has 9 heteroatoms. The monoisotopic (exact) mass is 357 g/mol. The molecule has 0 unspecified atom stereocenters. The summed E-state index contributed by atoms with van der Waals surface area (Å²) < 4.78 is 63.7. The largest absolute Gasteiger partial charge is 0.507 e. The van der Waals surface area contributed by atoms with Crippen LogP contribution in [-0.4, -0.2) is 23.1 Å². The number of nitrogens with zero attached hydrogens (tertiary/aromatic N) is 1. The number of aromatic hydroxyl groups is 1. The fraction of sp³-hybridized carbons (Fsp3) is 0.125. The van der Waals surface area contributed by atoms with E-state index < -0.39 is 35.2 Å². The maximum absolute atomic E-state index is 13.3. The highest BCUT2D eigenvalue weighted by atomic mass is 19.4. The number of hydrogen-bond acceptors (Lipinski definition) is 3. The fourth-order valence-electron chi connectivity index (χ4n) is 2.49. The summed E-state index contributed by atoms with van der Waals surface area (Å²) in [5.74, 6) is -7.20. The summed E-state index contributed by atoms with van der Waals surface area (Å²) in [7, 11) is 0. The van der Waals surface area contributed by atoms with E-state index in [0.717, 1.165) is 12.1 Å². The van der Waals surface area contributed by atoms with E-state index in [-0.39, 0.29) is 16.8 Å². The summed E-state index contributed by atoms with van der Waals surface area (Å²) in [6, 6.07) is 6.44. The van der Waals surface area contributed by atoms with Crippen molar-refractivity contribution in [2.75, 3.05) is 4.90 Å². The summed E-state index contributed by atoms with van der Waals surface area (Å²) in [4.78, 5) is 25.2. The Morgan fingerprint density at radius 3 is 1.96 bits per heavy atom. The first-order valence-corrected chi connectivity index (χ1v) is 6.81. The van der Waals surface area contributed by atoms with Gasteiger partial charge in [0.15, 0.2) is 0 Å². The van der Waals surface area contributed by atoms with Gasteiger partial charge in [0.1, 0.15) is 5.75 Å². The molecule has 2 amide bonds. The second kappa shape index (κ2) is 5.27. The molecule has 0 atom stereocenters. The minimum absolute atomic E-state index is 0.0882. The number of rotatable bonds is 2. The lowest BCUT2D eigenvalue weighted by Gasteiger charge is -2.21. The van der Waals surface area contributed by atoms with Crippen molar-refractivity contribution in [3.05, 3.63) is 59.2 Å². The van der Waals surface area contributed by atoms with Crippen LogP contribution >= 0.6 is 0 Å². The normalized spacial score (nSPS) is 14.8. The van der Waals surface area contributed by atoms with Gasteiger partial charge in [-0.2, -0.15) is 22.0 Å². The average Bonchev–Trinajstić information content (AvgIpc) is 2.79. The highest BCUT2D eigenvalue weighted by Gasteiger charge is 2.58. The molecule has 0 saturated heterocycles. The molecule has 1 heterocycles. The number of imide groups is 1. The first-order valence-electron chi connectivity index (χ1n) is 6.81. The molecule has 2 aromatic carbocycles. The van der Waals surface area contributed by atoms with Gasteiger partial charge in [-0.05, 0) is 24.3 Å². The highest BCUT2D eigenvalue weighted by Crippen LogP contribution is 2.44. The van der Waals surface area contributed by atoms with Crippen LogP contribution < -0.4 is 4.90 Å². The van der Waals surface area contributed by atoms with Crippen molar-refractivity contribution < 1.29 is 36.6 Å². The summed E-state index contributed by atoms with van der Waals surface area (Å²) >= 11 is 0. The van der Waals surface area contributed by atoms with Gasteiger partial charge >= 0.3 is 12.1 Å². The molecular weight excluding hydrogens is 349 g/mol. The maximum atomic E-state index is 13.3. The number of halogens is 5. The standard InChI is InChI=1S/C16H8F5NO3/c17-15(18,16(19,20)21)8-4-6-9(7-5-8)22-13(24)10-2-1-3-11(23)12(10)14(22)25/h1-7,23H. The lowest BCUT2D eigenvalue weighted by Crippen LogP contribution is -2.34. The van der Waals surface area contributed by atoms with Crippen LogP contribution in [0.5, 0.6) is 5.75 Å². The second-order valence-electron chi connectivity index (χ2n) is 5.26. The smallest absolute Gasteiger partial charge is 0.458 e. The minimum atomic E-state index is -5.77. The topological polar surface area (TPSA) is 57.6 Å². The van der Waals surface area contributed by atoms with Crippen molar-refractivity contribution in [3.8, 4) is 5.75 Å². The van der Waals surface area contributed by atoms with E-state index in [1.165, 1.54) is 18.2 Å². The molecule has 0 fully saturated rings. The Hall–Kier alpha value is -2.97. The van der Waals surface area contributed by atoms with Gasteiger partial charge in [0.05, 0.1) is 16.8 Å². The van der Waals surface area contributed by atoms with Crippen LogP contribution in [0.25, 0.3) is 0 Å². The van der Waals surface area contributed by atoms with E-state index in [0.29, 0.717) is 17.0 Å². The quantitative estimate of drug-likeness (QED) is 0.656. The number of carbonyl (C=O) groups is 2. The number of alkyl halides is 5. The zero-order chi connectivity index (χ0) is 18.6. The molecule has 0 radical (unpaired) electrons. The molecule has 0 aromatic heterocycles. The van der Waals surface area contributed by atoms with Crippen molar-refractivity contribution in [2.45, 2.75) is 12.1 Å². The SMILES string of the molecule is O=C1c2cccc(O)c2C(=O)N1c1ccc(C(F)(F)C(F)(F)F)cc1. The summed E-state index contributed by atoms with van der Waals surface area (Å²) in [6.07, 6.45) is -5.77. The van der Waals surface area contributed by atoms with Crippen molar-refractivity contribution in [1.82, 2.24) is 0 Å². The predicted molar refractivity (Wildman–Crippen MR) is 75.6 cm³/mol. The lowest BCUT2D eigenvalue weighted by molar-refractivity contribution is -0.289. The number of carbonyl (C=O) groups excluding carboxylic acids is 2. The number of amides is 2. The van der Waals surface area contributed by atoms with Gasteiger partial charge in [-0.1, -0.05) is 18.2 Å². The lowest BCUT2D eigenvalue weighted by atomic mass is 10.1. The Balaban J connectivity index is 1.99. The minimum Gasteiger partial charge on any atom is -0.507 e. The third-order valence-electron chi connectivity index (χ3n) is 3.74. The van der Waals surface area contributed by atoms with Gasteiger partial charge in [-0.3, -0.25) is 9.59 Å². The molecule has 3 rings (SSSR count). The molecule has 2 aromatic rings. The van der Waals surface area contributed by atoms with Crippen LogP contribution in [0.2, 0.25) is 0 Å². The van der Waals surface area contributed by atoms with Crippen molar-refractivity contribution in [3.63, 3.8) is 0 Å². The van der Waals surface area contributed by atoms with Crippen LogP contribution in [0.15, 0.2) is 42.5 Å². The van der Waals surface area contributed by atoms with E-state index in [9.17, 15) is 36.6 Å². The Labute approximate surface area is 137 Å². The van der Waals surface area contributed by atoms with Crippen LogP contribution in [0.3, 0.4) is 0 Å². The van der Waals surface area contributed by atoms with E-state index in [2.05, 4.69) is 0 Å². The molecule has 4 nitrogen and oxygen atoms in total. The molecule has 0 bridgehead atoms. The first-order chi connectivity index (χ1) is 11.6. The number of phenols is 1. The van der Waals surface area contributed by atoms with Crippen LogP contribution in [0.1, 0.15) is 26.3 Å². The zero-order valence-corrected chi connectivity index (χ0v) is 12.1. The Bertz CT molecular complexity index is 874. The third-order valence-corrected chi connectivity index (χ3v) is 3.74. The fourth-order valence-corrected chi connectivity index (χ4v) is 2.49. The molecule has 130 valence electrons. The van der Waals surface area contributed by atoms with Crippen LogP contribution in [0.4, 0.5) is 27.6 Å². The molecule has 25 heavy (non-hydrogen) atoms. The van der Waals surface area contributed by atoms with Gasteiger partial charge < -0.3 is 5.11 Å². The second-order valence-corrected chi connectivity index (χ2v) is 5.26. The van der Waals surface area contributed by atoms with Gasteiger partial charge in [-0.15, -0.1) is 0 Å². The molecule has 1 aliphatic rings. The summed E-state index contributed by atoms with van der Waals surface area (Å²) in [5.41, 5.74) is -1.84. The van der Waals surface area contributed by atoms with E-state index >= 15 is 0 Å². The number of benzene rings is 2. The number of fused-ring (bicyclic) bond motifs is 1. The Morgan fingerprint density at radius 2 is 1.44 bits per heavy atom. The van der Waals surface area contributed by atoms with Gasteiger partial charge in [0.25, 0.3) is 11.8 Å². The first kappa shape index (κ1) is 16.9. The molecule has 0 aliphatic carbocycles. The maximum Gasteiger partial charge on any atom is 0.458 e. The van der Waals surface area contributed by atoms with Crippen molar-refractivity contribution >= 4 is 17.5 Å². The average molecular weight is 357 g/mol. The molecule has 1 aliphatic heterocycles. The van der Waals surface area contributed by atoms with Crippen molar-refractivity contribution in [1.29, 1.82) is 0 Å². The predicted octanol–water partition coefficient (Wildman–Crippen LogP) is 3.85. The zero-order valence-electron chi connectivity index (χ0n) is 12.1. The van der Waals surface area contributed by atoms with E-state index in [1.807, 2.05) is 0 Å². The number of phenolic OH excluding ortho intramolecular Hbond substituents is 1. The summed E-state index contributed by atoms with van der Waals surface area (Å²) in [6.45, 7) is 0. The molecule has 0 spiro atoms. The summed E-state index contributed by atoms with van der Waals surface area (Å²) in [5, 5.41) is 9.70. The molecular formula is C16H8F5NO3. The number of anilines is 1. The van der Waals surface area contributed by atoms with Gasteiger partial charge in [0.2, 0.25) is 0 Å². The van der Waals surface area contributed by atoms with Crippen molar-refractivity contribution in [2.24, 2.45) is 0 Å². The Kier molecular flexibility index (Phi) is 3.55. The highest BCUT2D eigenvalue weighted by molar-refractivity contribution is 6.35. The number of hydrogen-bond donors (Lipinski definition) is 1. The third kappa shape index (κ3) is 2.43. The Morgan fingerprint density at radius 1 is 0.840 bits per heavy atom.